The number of nitrogens with one attached hydrogen (secondary N) is 1. The van der Waals surface area contributed by atoms with Gasteiger partial charge in [0, 0.05) is 23.6 Å². The Morgan fingerprint density at radius 2 is 2.11 bits per heavy atom. The van der Waals surface area contributed by atoms with Crippen molar-refractivity contribution >= 4 is 17.4 Å². The summed E-state index contributed by atoms with van der Waals surface area (Å²) in [6.45, 7) is 0. The van der Waals surface area contributed by atoms with Crippen LogP contribution in [-0.4, -0.2) is 15.9 Å². The average molecular weight is 239 g/mol. The van der Waals surface area contributed by atoms with E-state index in [0.717, 1.165) is 0 Å². The Labute approximate surface area is 103 Å². The number of hydrogen-bond acceptors (Lipinski definition) is 5. The summed E-state index contributed by atoms with van der Waals surface area (Å²) < 4.78 is 0. The van der Waals surface area contributed by atoms with Crippen LogP contribution in [0.3, 0.4) is 0 Å². The molecule has 18 heavy (non-hydrogen) atoms. The number of rotatable bonds is 3. The van der Waals surface area contributed by atoms with Gasteiger partial charge in [-0.25, -0.2) is 9.97 Å². The topological polar surface area (TPSA) is 105 Å². The first-order valence-electron chi connectivity index (χ1n) is 5.08. The van der Waals surface area contributed by atoms with E-state index in [1.807, 2.05) is 6.07 Å². The van der Waals surface area contributed by atoms with Crippen LogP contribution >= 0.6 is 0 Å². The first-order chi connectivity index (χ1) is 8.70. The van der Waals surface area contributed by atoms with Gasteiger partial charge in [0.05, 0.1) is 0 Å². The summed E-state index contributed by atoms with van der Waals surface area (Å²) >= 11 is 0. The first-order valence-corrected chi connectivity index (χ1v) is 5.08. The van der Waals surface area contributed by atoms with E-state index in [1.165, 1.54) is 12.4 Å². The van der Waals surface area contributed by atoms with Crippen LogP contribution in [0.5, 0.6) is 0 Å². The molecular formula is C12H9N5O. The van der Waals surface area contributed by atoms with Crippen LogP contribution in [0.25, 0.3) is 0 Å². The molecule has 88 valence electrons. The highest BCUT2D eigenvalue weighted by atomic mass is 16.1. The highest BCUT2D eigenvalue weighted by Gasteiger charge is 2.06. The lowest BCUT2D eigenvalue weighted by Gasteiger charge is -2.06. The van der Waals surface area contributed by atoms with Crippen molar-refractivity contribution in [1.29, 1.82) is 5.26 Å². The third-order valence-electron chi connectivity index (χ3n) is 2.21. The van der Waals surface area contributed by atoms with Gasteiger partial charge in [0.1, 0.15) is 6.07 Å². The molecule has 0 saturated carbocycles. The summed E-state index contributed by atoms with van der Waals surface area (Å²) in [5.74, 6) is -0.181. The summed E-state index contributed by atoms with van der Waals surface area (Å²) in [5.41, 5.74) is 6.36. The van der Waals surface area contributed by atoms with Crippen molar-refractivity contribution in [2.75, 3.05) is 5.32 Å². The zero-order valence-corrected chi connectivity index (χ0v) is 9.29. The van der Waals surface area contributed by atoms with Crippen molar-refractivity contribution in [1.82, 2.24) is 9.97 Å². The van der Waals surface area contributed by atoms with Gasteiger partial charge in [0.25, 0.3) is 0 Å². The van der Waals surface area contributed by atoms with Crippen LogP contribution < -0.4 is 11.1 Å². The lowest BCUT2D eigenvalue weighted by atomic mass is 10.2. The number of hydrogen-bond donors (Lipinski definition) is 2. The number of anilines is 2. The van der Waals surface area contributed by atoms with Gasteiger partial charge in [-0.1, -0.05) is 6.07 Å². The van der Waals surface area contributed by atoms with Crippen molar-refractivity contribution in [3.8, 4) is 6.07 Å². The van der Waals surface area contributed by atoms with Crippen LogP contribution in [0.15, 0.2) is 36.7 Å². The zero-order valence-electron chi connectivity index (χ0n) is 9.29. The molecule has 1 aromatic heterocycles. The molecule has 0 atom stereocenters. The Morgan fingerprint density at radius 3 is 2.83 bits per heavy atom. The van der Waals surface area contributed by atoms with E-state index in [4.69, 9.17) is 11.0 Å². The van der Waals surface area contributed by atoms with E-state index < -0.39 is 5.91 Å². The van der Waals surface area contributed by atoms with Gasteiger partial charge in [-0.3, -0.25) is 4.79 Å². The normalized spacial score (nSPS) is 9.50. The van der Waals surface area contributed by atoms with Crippen LogP contribution in [0, 0.1) is 11.3 Å². The molecule has 0 fully saturated rings. The number of carbonyl (C=O) groups excluding carboxylic acids is 1. The van der Waals surface area contributed by atoms with Gasteiger partial charge in [-0.15, -0.1) is 0 Å². The minimum absolute atomic E-state index is 0.182. The van der Waals surface area contributed by atoms with Crippen LogP contribution in [0.4, 0.5) is 11.5 Å². The Balaban J connectivity index is 2.32. The maximum Gasteiger partial charge on any atom is 0.248 e. The number of nitrogens with two attached hydrogens (primary N) is 1. The predicted molar refractivity (Wildman–Crippen MR) is 65.0 cm³/mol. The SMILES string of the molecule is N#Cc1nccnc1Nc1cccc(C(N)=O)c1. The lowest BCUT2D eigenvalue weighted by molar-refractivity contribution is 0.100. The average Bonchev–Trinajstić information content (AvgIpc) is 2.39. The lowest BCUT2D eigenvalue weighted by Crippen LogP contribution is -2.11. The summed E-state index contributed by atoms with van der Waals surface area (Å²) in [4.78, 5) is 18.9. The molecule has 0 saturated heterocycles. The van der Waals surface area contributed by atoms with Crippen LogP contribution in [-0.2, 0) is 0 Å². The van der Waals surface area contributed by atoms with Gasteiger partial charge in [0.2, 0.25) is 5.91 Å². The van der Waals surface area contributed by atoms with E-state index in [0.29, 0.717) is 17.1 Å². The fourth-order valence-electron chi connectivity index (χ4n) is 1.40. The molecule has 2 aromatic rings. The van der Waals surface area contributed by atoms with Crippen molar-refractivity contribution in [2.24, 2.45) is 5.73 Å². The smallest absolute Gasteiger partial charge is 0.248 e. The molecule has 3 N–H and O–H groups in total. The number of nitriles is 1. The molecule has 0 aliphatic rings. The summed E-state index contributed by atoms with van der Waals surface area (Å²) in [7, 11) is 0. The summed E-state index contributed by atoms with van der Waals surface area (Å²) in [6.07, 6.45) is 2.91. The predicted octanol–water partition coefficient (Wildman–Crippen LogP) is 1.19. The molecule has 0 aliphatic heterocycles. The zero-order chi connectivity index (χ0) is 13.0. The van der Waals surface area contributed by atoms with Gasteiger partial charge < -0.3 is 11.1 Å². The number of carbonyl (C=O) groups is 1. The highest BCUT2D eigenvalue weighted by molar-refractivity contribution is 5.93. The second-order valence-electron chi connectivity index (χ2n) is 3.44. The minimum atomic E-state index is -0.515. The fraction of sp³-hybridized carbons (Fsp3) is 0. The summed E-state index contributed by atoms with van der Waals surface area (Å²) in [6, 6.07) is 8.54. The molecule has 0 radical (unpaired) electrons. The van der Waals surface area contributed by atoms with Crippen LogP contribution in [0.2, 0.25) is 0 Å². The monoisotopic (exact) mass is 239 g/mol. The van der Waals surface area contributed by atoms with Gasteiger partial charge in [-0.05, 0) is 18.2 Å². The van der Waals surface area contributed by atoms with Gasteiger partial charge >= 0.3 is 0 Å². The number of amides is 1. The van der Waals surface area contributed by atoms with E-state index >= 15 is 0 Å². The molecule has 1 heterocycles. The number of benzene rings is 1. The number of aromatic nitrogens is 2. The Morgan fingerprint density at radius 1 is 1.33 bits per heavy atom. The molecule has 2 rings (SSSR count). The number of primary amides is 1. The van der Waals surface area contributed by atoms with Gasteiger partial charge in [0.15, 0.2) is 11.5 Å². The maximum absolute atomic E-state index is 11.0. The van der Waals surface area contributed by atoms with E-state index in [-0.39, 0.29) is 5.69 Å². The van der Waals surface area contributed by atoms with Crippen molar-refractivity contribution in [3.05, 3.63) is 47.9 Å². The van der Waals surface area contributed by atoms with E-state index in [2.05, 4.69) is 15.3 Å². The second kappa shape index (κ2) is 4.93. The van der Waals surface area contributed by atoms with Crippen molar-refractivity contribution in [3.63, 3.8) is 0 Å². The molecule has 1 aromatic carbocycles. The molecule has 1 amide bonds. The first kappa shape index (κ1) is 11.5. The molecule has 0 unspecified atom stereocenters. The molecular weight excluding hydrogens is 230 g/mol. The molecule has 0 spiro atoms. The largest absolute Gasteiger partial charge is 0.366 e. The van der Waals surface area contributed by atoms with Crippen molar-refractivity contribution < 1.29 is 4.79 Å². The Kier molecular flexibility index (Phi) is 3.16. The highest BCUT2D eigenvalue weighted by Crippen LogP contribution is 2.17. The minimum Gasteiger partial charge on any atom is -0.366 e. The Bertz CT molecular complexity index is 632. The molecule has 6 nitrogen and oxygen atoms in total. The summed E-state index contributed by atoms with van der Waals surface area (Å²) in [5, 5.41) is 11.8. The van der Waals surface area contributed by atoms with Crippen LogP contribution in [0.1, 0.15) is 16.1 Å². The van der Waals surface area contributed by atoms with Crippen molar-refractivity contribution in [2.45, 2.75) is 0 Å². The Hall–Kier alpha value is -2.94. The van der Waals surface area contributed by atoms with E-state index in [1.54, 1.807) is 24.3 Å². The second-order valence-corrected chi connectivity index (χ2v) is 3.44. The third-order valence-corrected chi connectivity index (χ3v) is 2.21. The molecule has 6 heteroatoms. The van der Waals surface area contributed by atoms with Gasteiger partial charge in [-0.2, -0.15) is 5.26 Å². The maximum atomic E-state index is 11.0. The van der Waals surface area contributed by atoms with E-state index in [9.17, 15) is 4.79 Å². The number of nitrogens with zero attached hydrogens (tertiary/aromatic N) is 3. The quantitative estimate of drug-likeness (QED) is 0.837. The molecule has 0 bridgehead atoms. The molecule has 0 aliphatic carbocycles. The standard InChI is InChI=1S/C12H9N5O/c13-7-10-12(16-5-4-15-10)17-9-3-1-2-8(6-9)11(14)18/h1-6H,(H2,14,18)(H,16,17). The fourth-order valence-corrected chi connectivity index (χ4v) is 1.40. The third kappa shape index (κ3) is 2.41.